The lowest BCUT2D eigenvalue weighted by Crippen LogP contribution is -1.95. The summed E-state index contributed by atoms with van der Waals surface area (Å²) >= 11 is 6.08. The summed E-state index contributed by atoms with van der Waals surface area (Å²) in [4.78, 5) is 0. The molecule has 1 aromatic carbocycles. The first-order valence-corrected chi connectivity index (χ1v) is 6.03. The van der Waals surface area contributed by atoms with Crippen LogP contribution in [0.2, 0.25) is 5.02 Å². The van der Waals surface area contributed by atoms with Crippen molar-refractivity contribution >= 4 is 11.6 Å². The highest BCUT2D eigenvalue weighted by atomic mass is 35.5. The van der Waals surface area contributed by atoms with E-state index in [-0.39, 0.29) is 6.61 Å². The Balaban J connectivity index is 2.36. The van der Waals surface area contributed by atoms with Crippen molar-refractivity contribution in [3.63, 3.8) is 0 Å². The zero-order valence-corrected chi connectivity index (χ0v) is 11.1. The van der Waals surface area contributed by atoms with Crippen LogP contribution in [0.4, 0.5) is 0 Å². The molecule has 1 N–H and O–H groups in total. The van der Waals surface area contributed by atoms with E-state index >= 15 is 0 Å². The quantitative estimate of drug-likeness (QED) is 0.924. The van der Waals surface area contributed by atoms with Gasteiger partial charge in [0, 0.05) is 12.8 Å². The van der Waals surface area contributed by atoms with Crippen LogP contribution >= 0.6 is 11.6 Å². The monoisotopic (exact) mass is 266 g/mol. The van der Waals surface area contributed by atoms with Gasteiger partial charge >= 0.3 is 0 Å². The molecule has 4 nitrogen and oxygen atoms in total. The van der Waals surface area contributed by atoms with Gasteiger partial charge in [0.15, 0.2) is 0 Å². The maximum atomic E-state index is 8.96. The molecule has 1 aromatic heterocycles. The molecular weight excluding hydrogens is 252 g/mol. The molecule has 0 spiro atoms. The Kier molecular flexibility index (Phi) is 3.89. The molecule has 0 atom stereocenters. The van der Waals surface area contributed by atoms with E-state index in [4.69, 9.17) is 21.4 Å². The first kappa shape index (κ1) is 12.9. The van der Waals surface area contributed by atoms with Crippen molar-refractivity contribution in [2.75, 3.05) is 13.7 Å². The molecule has 0 aliphatic heterocycles. The lowest BCUT2D eigenvalue weighted by Gasteiger charge is -2.05. The number of hydrogen-bond acceptors (Lipinski definition) is 3. The van der Waals surface area contributed by atoms with Crippen molar-refractivity contribution < 1.29 is 9.84 Å². The third-order valence-electron chi connectivity index (χ3n) is 2.78. The summed E-state index contributed by atoms with van der Waals surface area (Å²) in [6, 6.07) is 5.50. The normalized spacial score (nSPS) is 10.7. The maximum absolute atomic E-state index is 8.96. The Bertz CT molecular complexity index is 552. The molecular formula is C13H15ClN2O2. The minimum Gasteiger partial charge on any atom is -0.495 e. The molecule has 0 amide bonds. The molecule has 0 fully saturated rings. The van der Waals surface area contributed by atoms with Gasteiger partial charge in [-0.1, -0.05) is 11.6 Å². The molecule has 0 radical (unpaired) electrons. The summed E-state index contributed by atoms with van der Waals surface area (Å²) in [7, 11) is 1.58. The van der Waals surface area contributed by atoms with Crippen molar-refractivity contribution in [3.8, 4) is 11.4 Å². The molecule has 0 aliphatic carbocycles. The van der Waals surface area contributed by atoms with E-state index in [9.17, 15) is 0 Å². The van der Waals surface area contributed by atoms with Crippen LogP contribution in [0.15, 0.2) is 24.4 Å². The third-order valence-corrected chi connectivity index (χ3v) is 3.08. The average molecular weight is 267 g/mol. The van der Waals surface area contributed by atoms with E-state index in [0.29, 0.717) is 17.2 Å². The van der Waals surface area contributed by atoms with Crippen molar-refractivity contribution in [2.24, 2.45) is 0 Å². The number of benzene rings is 1. The molecule has 0 saturated heterocycles. The van der Waals surface area contributed by atoms with Gasteiger partial charge in [0.25, 0.3) is 0 Å². The summed E-state index contributed by atoms with van der Waals surface area (Å²) in [5.41, 5.74) is 2.81. The Morgan fingerprint density at radius 3 is 2.83 bits per heavy atom. The molecule has 0 saturated carbocycles. The number of rotatable bonds is 4. The maximum Gasteiger partial charge on any atom is 0.137 e. The fourth-order valence-corrected chi connectivity index (χ4v) is 2.04. The number of ether oxygens (including phenoxy) is 1. The van der Waals surface area contributed by atoms with Gasteiger partial charge in [0.1, 0.15) is 5.75 Å². The third kappa shape index (κ3) is 2.49. The molecule has 2 aromatic rings. The van der Waals surface area contributed by atoms with E-state index < -0.39 is 0 Å². The summed E-state index contributed by atoms with van der Waals surface area (Å²) in [6.07, 6.45) is 2.51. The second kappa shape index (κ2) is 5.42. The van der Waals surface area contributed by atoms with Gasteiger partial charge in [-0.15, -0.1) is 0 Å². The largest absolute Gasteiger partial charge is 0.495 e. The number of aromatic nitrogens is 2. The van der Waals surface area contributed by atoms with E-state index in [1.807, 2.05) is 19.2 Å². The van der Waals surface area contributed by atoms with Crippen LogP contribution in [0.25, 0.3) is 5.69 Å². The predicted molar refractivity (Wildman–Crippen MR) is 70.7 cm³/mol. The van der Waals surface area contributed by atoms with Gasteiger partial charge < -0.3 is 9.84 Å². The minimum absolute atomic E-state index is 0.121. The number of methoxy groups -OCH3 is 1. The number of aliphatic hydroxyl groups is 1. The first-order chi connectivity index (χ1) is 8.65. The number of halogens is 1. The second-order valence-electron chi connectivity index (χ2n) is 3.98. The fourth-order valence-electron chi connectivity index (χ4n) is 1.79. The molecule has 0 bridgehead atoms. The molecule has 1 heterocycles. The molecule has 0 unspecified atom stereocenters. The Morgan fingerprint density at radius 2 is 2.22 bits per heavy atom. The standard InChI is InChI=1S/C13H15ClN2O2/c1-9-10(5-6-17)8-16(15-9)11-3-4-13(18-2)12(14)7-11/h3-4,7-8,17H,5-6H2,1-2H3. The fraction of sp³-hybridized carbons (Fsp3) is 0.308. The van der Waals surface area contributed by atoms with Crippen molar-refractivity contribution in [3.05, 3.63) is 40.7 Å². The zero-order chi connectivity index (χ0) is 13.1. The van der Waals surface area contributed by atoms with Crippen LogP contribution in [0, 0.1) is 6.92 Å². The highest BCUT2D eigenvalue weighted by Crippen LogP contribution is 2.26. The summed E-state index contributed by atoms with van der Waals surface area (Å²) in [5.74, 6) is 0.639. The van der Waals surface area contributed by atoms with Crippen LogP contribution < -0.4 is 4.74 Å². The molecule has 0 aliphatic rings. The highest BCUT2D eigenvalue weighted by molar-refractivity contribution is 6.32. The van der Waals surface area contributed by atoms with Crippen LogP contribution in [-0.2, 0) is 6.42 Å². The second-order valence-corrected chi connectivity index (χ2v) is 4.38. The summed E-state index contributed by atoms with van der Waals surface area (Å²) < 4.78 is 6.86. The van der Waals surface area contributed by atoms with Crippen molar-refractivity contribution in [2.45, 2.75) is 13.3 Å². The van der Waals surface area contributed by atoms with Gasteiger partial charge in [0.05, 0.1) is 23.5 Å². The number of nitrogens with zero attached hydrogens (tertiary/aromatic N) is 2. The smallest absolute Gasteiger partial charge is 0.137 e. The Morgan fingerprint density at radius 1 is 1.44 bits per heavy atom. The van der Waals surface area contributed by atoms with Crippen molar-refractivity contribution in [1.82, 2.24) is 9.78 Å². The van der Waals surface area contributed by atoms with Crippen molar-refractivity contribution in [1.29, 1.82) is 0 Å². The first-order valence-electron chi connectivity index (χ1n) is 5.65. The average Bonchev–Trinajstić information content (AvgIpc) is 2.71. The summed E-state index contributed by atoms with van der Waals surface area (Å²) in [5, 5.41) is 13.9. The van der Waals surface area contributed by atoms with Gasteiger partial charge in [-0.2, -0.15) is 5.10 Å². The van der Waals surface area contributed by atoms with Gasteiger partial charge in [-0.25, -0.2) is 4.68 Å². The van der Waals surface area contributed by atoms with Crippen LogP contribution in [0.1, 0.15) is 11.3 Å². The Hall–Kier alpha value is -1.52. The highest BCUT2D eigenvalue weighted by Gasteiger charge is 2.08. The number of aliphatic hydroxyl groups excluding tert-OH is 1. The molecule has 96 valence electrons. The minimum atomic E-state index is 0.121. The van der Waals surface area contributed by atoms with Crippen LogP contribution in [0.5, 0.6) is 5.75 Å². The van der Waals surface area contributed by atoms with E-state index in [0.717, 1.165) is 16.9 Å². The van der Waals surface area contributed by atoms with Crippen LogP contribution in [0.3, 0.4) is 0 Å². The predicted octanol–water partition coefficient (Wildman–Crippen LogP) is 2.38. The number of hydrogen-bond donors (Lipinski definition) is 1. The lowest BCUT2D eigenvalue weighted by atomic mass is 10.2. The SMILES string of the molecule is COc1ccc(-n2cc(CCO)c(C)n2)cc1Cl. The summed E-state index contributed by atoms with van der Waals surface area (Å²) in [6.45, 7) is 2.04. The van der Waals surface area contributed by atoms with Gasteiger partial charge in [0.2, 0.25) is 0 Å². The van der Waals surface area contributed by atoms with E-state index in [1.165, 1.54) is 0 Å². The number of aryl methyl sites for hydroxylation is 1. The lowest BCUT2D eigenvalue weighted by molar-refractivity contribution is 0.299. The van der Waals surface area contributed by atoms with E-state index in [1.54, 1.807) is 23.9 Å². The van der Waals surface area contributed by atoms with Gasteiger partial charge in [-0.3, -0.25) is 0 Å². The topological polar surface area (TPSA) is 47.3 Å². The Labute approximate surface area is 111 Å². The molecule has 5 heteroatoms. The van der Waals surface area contributed by atoms with Gasteiger partial charge in [-0.05, 0) is 37.1 Å². The molecule has 2 rings (SSSR count). The van der Waals surface area contributed by atoms with E-state index in [2.05, 4.69) is 5.10 Å². The zero-order valence-electron chi connectivity index (χ0n) is 10.4. The van der Waals surface area contributed by atoms with Crippen LogP contribution in [-0.4, -0.2) is 28.6 Å². The molecule has 18 heavy (non-hydrogen) atoms.